The van der Waals surface area contributed by atoms with Crippen LogP contribution < -0.4 is 14.4 Å². The Balaban J connectivity index is 1.20. The lowest BCUT2D eigenvalue weighted by molar-refractivity contribution is -0.130. The molecule has 0 N–H and O–H groups in total. The van der Waals surface area contributed by atoms with Crippen LogP contribution in [0.1, 0.15) is 5.69 Å². The minimum absolute atomic E-state index is 0.0424. The van der Waals surface area contributed by atoms with Gasteiger partial charge in [0.25, 0.3) is 0 Å². The van der Waals surface area contributed by atoms with Gasteiger partial charge in [0, 0.05) is 37.8 Å². The molecule has 5 rings (SSSR count). The Morgan fingerprint density at radius 2 is 1.74 bits per heavy atom. The van der Waals surface area contributed by atoms with Crippen molar-refractivity contribution in [1.82, 2.24) is 10.1 Å². The summed E-state index contributed by atoms with van der Waals surface area (Å²) in [7, 11) is 0. The lowest BCUT2D eigenvalue weighted by atomic mass is 10.1. The number of hydrogen-bond acceptors (Lipinski definition) is 6. The Morgan fingerprint density at radius 3 is 2.55 bits per heavy atom. The van der Waals surface area contributed by atoms with E-state index in [0.29, 0.717) is 43.5 Å². The van der Waals surface area contributed by atoms with E-state index >= 15 is 0 Å². The molecular formula is C23H22ClN3O4. The first-order chi connectivity index (χ1) is 15.2. The van der Waals surface area contributed by atoms with Crippen molar-refractivity contribution < 1.29 is 18.8 Å². The molecule has 160 valence electrons. The number of amides is 1. The van der Waals surface area contributed by atoms with Gasteiger partial charge in [-0.1, -0.05) is 28.9 Å². The predicted molar refractivity (Wildman–Crippen MR) is 117 cm³/mol. The highest BCUT2D eigenvalue weighted by Gasteiger charge is 2.23. The van der Waals surface area contributed by atoms with Gasteiger partial charge in [-0.15, -0.1) is 0 Å². The lowest BCUT2D eigenvalue weighted by Crippen LogP contribution is -2.49. The Morgan fingerprint density at radius 1 is 0.968 bits per heavy atom. The quantitative estimate of drug-likeness (QED) is 0.618. The van der Waals surface area contributed by atoms with E-state index in [-0.39, 0.29) is 12.3 Å². The zero-order chi connectivity index (χ0) is 21.2. The summed E-state index contributed by atoms with van der Waals surface area (Å²) in [5.41, 5.74) is 2.46. The molecule has 0 bridgehead atoms. The van der Waals surface area contributed by atoms with Gasteiger partial charge < -0.3 is 23.8 Å². The van der Waals surface area contributed by atoms with Crippen molar-refractivity contribution >= 4 is 23.2 Å². The average Bonchev–Trinajstić information content (AvgIpc) is 3.28. The molecule has 3 heterocycles. The molecule has 0 atom stereocenters. The highest BCUT2D eigenvalue weighted by atomic mass is 35.5. The first kappa shape index (κ1) is 19.8. The van der Waals surface area contributed by atoms with Gasteiger partial charge in [0.05, 0.1) is 22.8 Å². The van der Waals surface area contributed by atoms with Crippen molar-refractivity contribution in [3.8, 4) is 22.8 Å². The summed E-state index contributed by atoms with van der Waals surface area (Å²) in [5, 5.41) is 4.82. The topological polar surface area (TPSA) is 68.0 Å². The monoisotopic (exact) mass is 439 g/mol. The summed E-state index contributed by atoms with van der Waals surface area (Å²) < 4.78 is 16.7. The first-order valence-corrected chi connectivity index (χ1v) is 10.7. The summed E-state index contributed by atoms with van der Waals surface area (Å²) in [6, 6.07) is 15.2. The summed E-state index contributed by atoms with van der Waals surface area (Å²) in [5.74, 6) is 2.05. The molecule has 2 aliphatic heterocycles. The molecule has 0 unspecified atom stereocenters. The Hall–Kier alpha value is -3.19. The van der Waals surface area contributed by atoms with E-state index in [9.17, 15) is 4.79 Å². The first-order valence-electron chi connectivity index (χ1n) is 10.3. The minimum atomic E-state index is 0.0424. The number of para-hydroxylation sites is 1. The van der Waals surface area contributed by atoms with Gasteiger partial charge in [-0.2, -0.15) is 0 Å². The van der Waals surface area contributed by atoms with Gasteiger partial charge in [-0.3, -0.25) is 4.79 Å². The number of carbonyl (C=O) groups is 1. The molecule has 0 radical (unpaired) electrons. The van der Waals surface area contributed by atoms with Gasteiger partial charge in [0.1, 0.15) is 13.2 Å². The third kappa shape index (κ3) is 4.18. The fraction of sp³-hybridized carbons (Fsp3) is 0.304. The van der Waals surface area contributed by atoms with Crippen LogP contribution in [0.5, 0.6) is 11.5 Å². The third-order valence-electron chi connectivity index (χ3n) is 5.54. The number of nitrogens with zero attached hydrogens (tertiary/aromatic N) is 3. The number of fused-ring (bicyclic) bond motifs is 1. The van der Waals surface area contributed by atoms with Crippen LogP contribution in [-0.2, 0) is 11.2 Å². The van der Waals surface area contributed by atoms with E-state index in [2.05, 4.69) is 10.1 Å². The molecule has 0 aliphatic carbocycles. The third-order valence-corrected chi connectivity index (χ3v) is 5.86. The summed E-state index contributed by atoms with van der Waals surface area (Å²) in [6.07, 6.45) is 0.208. The Kier molecular flexibility index (Phi) is 5.42. The van der Waals surface area contributed by atoms with E-state index < -0.39 is 0 Å². The molecule has 1 aromatic heterocycles. The van der Waals surface area contributed by atoms with Crippen LogP contribution >= 0.6 is 11.6 Å². The normalized spacial score (nSPS) is 15.8. The molecular weight excluding hydrogens is 418 g/mol. The second kappa shape index (κ2) is 8.51. The van der Waals surface area contributed by atoms with E-state index in [1.807, 2.05) is 53.4 Å². The summed E-state index contributed by atoms with van der Waals surface area (Å²) in [6.45, 7) is 3.87. The SMILES string of the molecule is O=C(Cc1cc(-c2ccc3c(c2)OCCO3)on1)N1CCN(c2ccccc2Cl)CC1. The molecule has 31 heavy (non-hydrogen) atoms. The number of anilines is 1. The van der Waals surface area contributed by atoms with Gasteiger partial charge in [0.2, 0.25) is 5.91 Å². The number of piperazine rings is 1. The van der Waals surface area contributed by atoms with E-state index in [0.717, 1.165) is 35.1 Å². The van der Waals surface area contributed by atoms with Crippen molar-refractivity contribution in [3.63, 3.8) is 0 Å². The number of halogens is 1. The van der Waals surface area contributed by atoms with Crippen LogP contribution in [-0.4, -0.2) is 55.4 Å². The van der Waals surface area contributed by atoms with Crippen LogP contribution in [0.3, 0.4) is 0 Å². The number of hydrogen-bond donors (Lipinski definition) is 0. The Labute approximate surface area is 185 Å². The zero-order valence-corrected chi connectivity index (χ0v) is 17.7. The molecule has 0 spiro atoms. The molecule has 7 nitrogen and oxygen atoms in total. The smallest absolute Gasteiger partial charge is 0.228 e. The average molecular weight is 440 g/mol. The maximum Gasteiger partial charge on any atom is 0.228 e. The summed E-state index contributed by atoms with van der Waals surface area (Å²) in [4.78, 5) is 16.9. The van der Waals surface area contributed by atoms with Gasteiger partial charge in [0.15, 0.2) is 17.3 Å². The molecule has 1 saturated heterocycles. The maximum atomic E-state index is 12.8. The largest absolute Gasteiger partial charge is 0.486 e. The maximum absolute atomic E-state index is 12.8. The molecule has 1 fully saturated rings. The molecule has 1 amide bonds. The van der Waals surface area contributed by atoms with Gasteiger partial charge in [-0.05, 0) is 30.3 Å². The van der Waals surface area contributed by atoms with Crippen LogP contribution in [0, 0.1) is 0 Å². The van der Waals surface area contributed by atoms with Crippen molar-refractivity contribution in [3.05, 3.63) is 59.2 Å². The van der Waals surface area contributed by atoms with Crippen LogP contribution in [0.15, 0.2) is 53.1 Å². The number of carbonyl (C=O) groups excluding carboxylic acids is 1. The van der Waals surface area contributed by atoms with Gasteiger partial charge >= 0.3 is 0 Å². The van der Waals surface area contributed by atoms with Gasteiger partial charge in [-0.25, -0.2) is 0 Å². The standard InChI is InChI=1S/C23H22ClN3O4/c24-18-3-1-2-4-19(18)26-7-9-27(10-8-26)23(28)15-17-14-21(31-25-17)16-5-6-20-22(13-16)30-12-11-29-20/h1-6,13-14H,7-12,15H2. The second-order valence-electron chi connectivity index (χ2n) is 7.54. The molecule has 2 aliphatic rings. The highest BCUT2D eigenvalue weighted by molar-refractivity contribution is 6.33. The van der Waals surface area contributed by atoms with Crippen molar-refractivity contribution in [2.45, 2.75) is 6.42 Å². The van der Waals surface area contributed by atoms with Crippen molar-refractivity contribution in [1.29, 1.82) is 0 Å². The van der Waals surface area contributed by atoms with Crippen LogP contribution in [0.4, 0.5) is 5.69 Å². The van der Waals surface area contributed by atoms with E-state index in [4.69, 9.17) is 25.6 Å². The van der Waals surface area contributed by atoms with Crippen LogP contribution in [0.25, 0.3) is 11.3 Å². The predicted octanol–water partition coefficient (Wildman–Crippen LogP) is 3.66. The zero-order valence-electron chi connectivity index (χ0n) is 16.9. The Bertz CT molecular complexity index is 1090. The number of rotatable bonds is 4. The van der Waals surface area contributed by atoms with E-state index in [1.54, 1.807) is 0 Å². The number of ether oxygens (including phenoxy) is 2. The lowest BCUT2D eigenvalue weighted by Gasteiger charge is -2.36. The summed E-state index contributed by atoms with van der Waals surface area (Å²) >= 11 is 6.30. The number of benzene rings is 2. The fourth-order valence-electron chi connectivity index (χ4n) is 3.90. The van der Waals surface area contributed by atoms with E-state index in [1.165, 1.54) is 0 Å². The highest BCUT2D eigenvalue weighted by Crippen LogP contribution is 2.34. The molecule has 3 aromatic rings. The minimum Gasteiger partial charge on any atom is -0.486 e. The van der Waals surface area contributed by atoms with Crippen LogP contribution in [0.2, 0.25) is 5.02 Å². The fourth-order valence-corrected chi connectivity index (χ4v) is 4.15. The van der Waals surface area contributed by atoms with Crippen molar-refractivity contribution in [2.75, 3.05) is 44.3 Å². The number of aromatic nitrogens is 1. The molecule has 8 heteroatoms. The van der Waals surface area contributed by atoms with Crippen molar-refractivity contribution in [2.24, 2.45) is 0 Å². The molecule has 2 aromatic carbocycles. The molecule has 0 saturated carbocycles. The second-order valence-corrected chi connectivity index (χ2v) is 7.94.